The number of benzene rings is 3. The molecule has 0 radical (unpaired) electrons. The molecule has 0 spiro atoms. The molecule has 3 rings (SSSR count). The molecule has 5 heteroatoms. The first-order valence-corrected chi connectivity index (χ1v) is 10.7. The first-order chi connectivity index (χ1) is 12.4. The average Bonchev–Trinajstić information content (AvgIpc) is 2.68. The Morgan fingerprint density at radius 2 is 1.23 bits per heavy atom. The van der Waals surface area contributed by atoms with Crippen molar-refractivity contribution in [3.05, 3.63) is 90.0 Å². The summed E-state index contributed by atoms with van der Waals surface area (Å²) in [4.78, 5) is 23.4. The van der Waals surface area contributed by atoms with Crippen LogP contribution in [0.5, 0.6) is 0 Å². The van der Waals surface area contributed by atoms with E-state index in [9.17, 15) is 19.8 Å². The topological polar surface area (TPSA) is 74.6 Å². The van der Waals surface area contributed by atoms with Gasteiger partial charge < -0.3 is 10.2 Å². The fourth-order valence-corrected chi connectivity index (χ4v) is 7.14. The molecule has 3 aromatic rings. The highest BCUT2D eigenvalue weighted by molar-refractivity contribution is 7.11. The van der Waals surface area contributed by atoms with Crippen molar-refractivity contribution in [2.24, 2.45) is 0 Å². The van der Waals surface area contributed by atoms with E-state index in [4.69, 9.17) is 0 Å². The van der Waals surface area contributed by atoms with Crippen LogP contribution in [0.15, 0.2) is 78.9 Å². The fourth-order valence-electron chi connectivity index (χ4n) is 3.30. The molecular formula is C21H18O4Si. The summed E-state index contributed by atoms with van der Waals surface area (Å²) in [6.45, 7) is 2.06. The van der Waals surface area contributed by atoms with Crippen molar-refractivity contribution in [3.8, 4) is 0 Å². The maximum atomic E-state index is 11.9. The fraction of sp³-hybridized carbons (Fsp3) is 0.0476. The molecule has 4 nitrogen and oxygen atoms in total. The smallest absolute Gasteiger partial charge is 0.335 e. The molecule has 0 heterocycles. The van der Waals surface area contributed by atoms with Gasteiger partial charge >= 0.3 is 11.9 Å². The van der Waals surface area contributed by atoms with Crippen molar-refractivity contribution in [1.29, 1.82) is 0 Å². The van der Waals surface area contributed by atoms with Crippen LogP contribution in [-0.2, 0) is 0 Å². The Hall–Kier alpha value is -3.18. The van der Waals surface area contributed by atoms with Crippen LogP contribution >= 0.6 is 0 Å². The number of carbonyl (C=O) groups is 2. The minimum Gasteiger partial charge on any atom is -0.478 e. The summed E-state index contributed by atoms with van der Waals surface area (Å²) in [5, 5.41) is 21.8. The van der Waals surface area contributed by atoms with E-state index in [1.165, 1.54) is 18.2 Å². The van der Waals surface area contributed by atoms with Crippen molar-refractivity contribution in [2.45, 2.75) is 6.55 Å². The number of rotatable bonds is 5. The summed E-state index contributed by atoms with van der Waals surface area (Å²) in [5.41, 5.74) is 0.243. The van der Waals surface area contributed by atoms with Crippen LogP contribution in [0.4, 0.5) is 0 Å². The predicted octanol–water partition coefficient (Wildman–Crippen LogP) is 2.18. The lowest BCUT2D eigenvalue weighted by Crippen LogP contribution is -2.66. The van der Waals surface area contributed by atoms with E-state index in [1.54, 1.807) is 0 Å². The van der Waals surface area contributed by atoms with Gasteiger partial charge in [-0.15, -0.1) is 0 Å². The van der Waals surface area contributed by atoms with E-state index >= 15 is 0 Å². The first-order valence-electron chi connectivity index (χ1n) is 8.16. The van der Waals surface area contributed by atoms with Gasteiger partial charge in [-0.3, -0.25) is 0 Å². The minimum absolute atomic E-state index is 0.0931. The molecule has 2 N–H and O–H groups in total. The van der Waals surface area contributed by atoms with E-state index < -0.39 is 20.0 Å². The van der Waals surface area contributed by atoms with Crippen molar-refractivity contribution in [2.75, 3.05) is 0 Å². The normalized spacial score (nSPS) is 11.1. The SMILES string of the molecule is C[Si](c1ccccc1)(c1ccccc1)c1cc(C(=O)O)ccc1C(=O)O. The van der Waals surface area contributed by atoms with E-state index in [0.29, 0.717) is 5.19 Å². The third kappa shape index (κ3) is 3.04. The lowest BCUT2D eigenvalue weighted by Gasteiger charge is -2.31. The molecule has 0 aromatic heterocycles. The molecule has 0 amide bonds. The standard InChI is InChI=1S/C21H18O4Si/c1-26(16-8-4-2-5-9-16,17-10-6-3-7-11-17)19-14-15(20(22)23)12-13-18(19)21(24)25/h2-14H,1H3,(H,22,23)(H,24,25). The van der Waals surface area contributed by atoms with Crippen molar-refractivity contribution < 1.29 is 19.8 Å². The maximum Gasteiger partial charge on any atom is 0.335 e. The van der Waals surface area contributed by atoms with Crippen LogP contribution in [0, 0.1) is 0 Å². The second kappa shape index (κ2) is 6.97. The summed E-state index contributed by atoms with van der Waals surface area (Å²) in [6.07, 6.45) is 0. The van der Waals surface area contributed by atoms with Gasteiger partial charge in [0.25, 0.3) is 0 Å². The van der Waals surface area contributed by atoms with Gasteiger partial charge in [0.1, 0.15) is 8.07 Å². The number of hydrogen-bond acceptors (Lipinski definition) is 2. The van der Waals surface area contributed by atoms with Crippen LogP contribution < -0.4 is 15.6 Å². The number of carboxylic acids is 2. The summed E-state index contributed by atoms with van der Waals surface area (Å²) in [7, 11) is -2.71. The van der Waals surface area contributed by atoms with Crippen LogP contribution in [0.2, 0.25) is 6.55 Å². The van der Waals surface area contributed by atoms with Gasteiger partial charge in [0.05, 0.1) is 11.1 Å². The monoisotopic (exact) mass is 362 g/mol. The van der Waals surface area contributed by atoms with E-state index in [0.717, 1.165) is 10.4 Å². The van der Waals surface area contributed by atoms with Crippen LogP contribution in [0.25, 0.3) is 0 Å². The van der Waals surface area contributed by atoms with Crippen molar-refractivity contribution >= 4 is 35.6 Å². The first kappa shape index (κ1) is 17.6. The molecule has 0 saturated carbocycles. The van der Waals surface area contributed by atoms with Crippen LogP contribution in [-0.4, -0.2) is 30.2 Å². The quantitative estimate of drug-likeness (QED) is 0.539. The lowest BCUT2D eigenvalue weighted by atomic mass is 10.1. The second-order valence-electron chi connectivity index (χ2n) is 6.23. The molecule has 0 unspecified atom stereocenters. The minimum atomic E-state index is -2.71. The molecule has 3 aromatic carbocycles. The summed E-state index contributed by atoms with van der Waals surface area (Å²) in [5.74, 6) is -2.12. The third-order valence-electron chi connectivity index (χ3n) is 4.74. The number of aromatic carboxylic acids is 2. The lowest BCUT2D eigenvalue weighted by molar-refractivity contribution is 0.0682. The van der Waals surface area contributed by atoms with Gasteiger partial charge in [0.2, 0.25) is 0 Å². The Bertz CT molecular complexity index is 913. The van der Waals surface area contributed by atoms with Gasteiger partial charge in [-0.1, -0.05) is 67.2 Å². The van der Waals surface area contributed by atoms with E-state index in [-0.39, 0.29) is 11.1 Å². The van der Waals surface area contributed by atoms with Gasteiger partial charge in [-0.25, -0.2) is 9.59 Å². The molecule has 130 valence electrons. The summed E-state index contributed by atoms with van der Waals surface area (Å²) in [6, 6.07) is 23.7. The van der Waals surface area contributed by atoms with Crippen LogP contribution in [0.3, 0.4) is 0 Å². The zero-order valence-corrected chi connectivity index (χ0v) is 15.2. The molecule has 26 heavy (non-hydrogen) atoms. The Morgan fingerprint density at radius 3 is 1.65 bits per heavy atom. The Morgan fingerprint density at radius 1 is 0.731 bits per heavy atom. The number of carboxylic acid groups (broad SMARTS) is 2. The highest BCUT2D eigenvalue weighted by Crippen LogP contribution is 2.13. The van der Waals surface area contributed by atoms with Crippen molar-refractivity contribution in [1.82, 2.24) is 0 Å². The third-order valence-corrected chi connectivity index (χ3v) is 9.20. The van der Waals surface area contributed by atoms with Gasteiger partial charge in [-0.2, -0.15) is 0 Å². The largest absolute Gasteiger partial charge is 0.478 e. The van der Waals surface area contributed by atoms with Gasteiger partial charge in [0, 0.05) is 0 Å². The van der Waals surface area contributed by atoms with E-state index in [1.807, 2.05) is 60.7 Å². The maximum absolute atomic E-state index is 11.9. The Labute approximate surface area is 152 Å². The molecular weight excluding hydrogens is 344 g/mol. The molecule has 0 aliphatic rings. The molecule has 0 aliphatic heterocycles. The zero-order chi connectivity index (χ0) is 18.7. The van der Waals surface area contributed by atoms with E-state index in [2.05, 4.69) is 6.55 Å². The summed E-state index contributed by atoms with van der Waals surface area (Å²) < 4.78 is 0. The molecule has 0 saturated heterocycles. The van der Waals surface area contributed by atoms with Gasteiger partial charge in [-0.05, 0) is 33.8 Å². The molecule has 0 fully saturated rings. The van der Waals surface area contributed by atoms with Gasteiger partial charge in [0.15, 0.2) is 0 Å². The molecule has 0 bridgehead atoms. The Kier molecular flexibility index (Phi) is 4.73. The molecule has 0 atom stereocenters. The predicted molar refractivity (Wildman–Crippen MR) is 104 cm³/mol. The van der Waals surface area contributed by atoms with Crippen molar-refractivity contribution in [3.63, 3.8) is 0 Å². The highest BCUT2D eigenvalue weighted by Gasteiger charge is 2.37. The summed E-state index contributed by atoms with van der Waals surface area (Å²) >= 11 is 0. The van der Waals surface area contributed by atoms with Crippen LogP contribution in [0.1, 0.15) is 20.7 Å². The average molecular weight is 362 g/mol. The zero-order valence-electron chi connectivity index (χ0n) is 14.2. The number of hydrogen-bond donors (Lipinski definition) is 2. The molecule has 0 aliphatic carbocycles. The second-order valence-corrected chi connectivity index (χ2v) is 10.2. The highest BCUT2D eigenvalue weighted by atomic mass is 28.3. The Balaban J connectivity index is 2.38.